The molecule has 0 radical (unpaired) electrons. The third kappa shape index (κ3) is 1.04. The number of nitriles is 3. The Balaban J connectivity index is 3.35. The molecular formula is C8H6N4S. The molecule has 13 heavy (non-hydrogen) atoms. The second-order valence-electron chi connectivity index (χ2n) is 2.64. The van der Waals surface area contributed by atoms with Crippen molar-refractivity contribution in [3.63, 3.8) is 0 Å². The van der Waals surface area contributed by atoms with Gasteiger partial charge >= 0.3 is 0 Å². The van der Waals surface area contributed by atoms with Gasteiger partial charge in [-0.3, -0.25) is 0 Å². The van der Waals surface area contributed by atoms with Crippen LogP contribution in [0.3, 0.4) is 0 Å². The molecule has 0 saturated heterocycles. The molecule has 0 amide bonds. The van der Waals surface area contributed by atoms with Crippen LogP contribution >= 0.6 is 11.8 Å². The molecule has 0 fully saturated rings. The van der Waals surface area contributed by atoms with Crippen molar-refractivity contribution < 1.29 is 0 Å². The van der Waals surface area contributed by atoms with Crippen LogP contribution in [0.15, 0.2) is 10.6 Å². The van der Waals surface area contributed by atoms with Crippen LogP contribution in [-0.4, -0.2) is 5.25 Å². The molecule has 64 valence electrons. The van der Waals surface area contributed by atoms with Crippen molar-refractivity contribution in [3.05, 3.63) is 10.6 Å². The molecule has 1 rings (SSSR count). The summed E-state index contributed by atoms with van der Waals surface area (Å²) in [5, 5.41) is 26.5. The van der Waals surface area contributed by atoms with E-state index in [4.69, 9.17) is 21.5 Å². The first kappa shape index (κ1) is 9.45. The van der Waals surface area contributed by atoms with Crippen LogP contribution in [0.4, 0.5) is 0 Å². The molecule has 5 heteroatoms. The summed E-state index contributed by atoms with van der Waals surface area (Å²) in [6.07, 6.45) is 0. The van der Waals surface area contributed by atoms with Gasteiger partial charge in [-0.2, -0.15) is 15.8 Å². The lowest BCUT2D eigenvalue weighted by Crippen LogP contribution is -2.25. The Kier molecular flexibility index (Phi) is 2.19. The van der Waals surface area contributed by atoms with E-state index in [9.17, 15) is 0 Å². The summed E-state index contributed by atoms with van der Waals surface area (Å²) < 4.78 is 0. The summed E-state index contributed by atoms with van der Waals surface area (Å²) in [5.74, 6) is 0. The zero-order chi connectivity index (χ0) is 10.1. The Bertz CT molecular complexity index is 376. The minimum absolute atomic E-state index is 0.0926. The van der Waals surface area contributed by atoms with E-state index in [1.807, 2.05) is 18.2 Å². The smallest absolute Gasteiger partial charge is 0.192 e. The van der Waals surface area contributed by atoms with Gasteiger partial charge in [0.05, 0.1) is 22.7 Å². The van der Waals surface area contributed by atoms with Crippen molar-refractivity contribution in [2.45, 2.75) is 12.2 Å². The topological polar surface area (TPSA) is 97.4 Å². The number of hydrogen-bond acceptors (Lipinski definition) is 5. The fourth-order valence-corrected chi connectivity index (χ4v) is 2.30. The highest BCUT2D eigenvalue weighted by Gasteiger charge is 2.48. The van der Waals surface area contributed by atoms with E-state index in [1.54, 1.807) is 6.92 Å². The highest BCUT2D eigenvalue weighted by atomic mass is 32.2. The van der Waals surface area contributed by atoms with Crippen molar-refractivity contribution in [3.8, 4) is 18.2 Å². The standard InChI is InChI=1S/C8H6N4S/c1-5-8(3-10,4-11)6(2-9)7(12)13-5/h5H,12H2,1H3/t5-/m1/s1. The van der Waals surface area contributed by atoms with Gasteiger partial charge in [0.2, 0.25) is 0 Å². The molecule has 0 spiro atoms. The number of thioether (sulfide) groups is 1. The minimum atomic E-state index is -1.36. The van der Waals surface area contributed by atoms with Crippen molar-refractivity contribution in [2.24, 2.45) is 11.1 Å². The highest BCUT2D eigenvalue weighted by Crippen LogP contribution is 2.47. The Morgan fingerprint density at radius 1 is 1.38 bits per heavy atom. The lowest BCUT2D eigenvalue weighted by atomic mass is 9.81. The second-order valence-corrected chi connectivity index (χ2v) is 4.03. The van der Waals surface area contributed by atoms with Gasteiger partial charge in [-0.25, -0.2) is 0 Å². The fraction of sp³-hybridized carbons (Fsp3) is 0.375. The van der Waals surface area contributed by atoms with Gasteiger partial charge < -0.3 is 5.73 Å². The quantitative estimate of drug-likeness (QED) is 0.610. The van der Waals surface area contributed by atoms with Crippen molar-refractivity contribution in [1.29, 1.82) is 15.8 Å². The Labute approximate surface area is 80.2 Å². The average molecular weight is 190 g/mol. The maximum atomic E-state index is 8.88. The second kappa shape index (κ2) is 3.01. The van der Waals surface area contributed by atoms with Crippen molar-refractivity contribution in [1.82, 2.24) is 0 Å². The summed E-state index contributed by atoms with van der Waals surface area (Å²) in [6, 6.07) is 5.56. The van der Waals surface area contributed by atoms with Gasteiger partial charge in [-0.15, -0.1) is 11.8 Å². The number of allylic oxidation sites excluding steroid dienone is 1. The summed E-state index contributed by atoms with van der Waals surface area (Å²) >= 11 is 1.20. The molecule has 0 aromatic heterocycles. The fourth-order valence-electron chi connectivity index (χ4n) is 1.20. The first-order chi connectivity index (χ1) is 6.12. The van der Waals surface area contributed by atoms with Crippen LogP contribution < -0.4 is 5.73 Å². The van der Waals surface area contributed by atoms with Gasteiger partial charge in [-0.1, -0.05) is 0 Å². The molecule has 0 saturated carbocycles. The Morgan fingerprint density at radius 3 is 2.23 bits per heavy atom. The van der Waals surface area contributed by atoms with Gasteiger partial charge in [-0.05, 0) is 6.92 Å². The monoisotopic (exact) mass is 190 g/mol. The molecule has 2 N–H and O–H groups in total. The van der Waals surface area contributed by atoms with Crippen LogP contribution in [-0.2, 0) is 0 Å². The van der Waals surface area contributed by atoms with Crippen LogP contribution in [0.1, 0.15) is 6.92 Å². The number of nitrogens with zero attached hydrogens (tertiary/aromatic N) is 3. The molecule has 0 aromatic rings. The van der Waals surface area contributed by atoms with Gasteiger partial charge in [0.1, 0.15) is 6.07 Å². The third-order valence-electron chi connectivity index (χ3n) is 2.02. The van der Waals surface area contributed by atoms with Crippen LogP contribution in [0, 0.1) is 39.4 Å². The summed E-state index contributed by atoms with van der Waals surface area (Å²) in [6.45, 7) is 1.72. The molecule has 0 bridgehead atoms. The van der Waals surface area contributed by atoms with E-state index in [-0.39, 0.29) is 15.9 Å². The van der Waals surface area contributed by atoms with Gasteiger partial charge in [0.25, 0.3) is 0 Å². The van der Waals surface area contributed by atoms with E-state index in [1.165, 1.54) is 11.8 Å². The van der Waals surface area contributed by atoms with Gasteiger partial charge in [0.15, 0.2) is 5.41 Å². The SMILES string of the molecule is C[C@H]1SC(N)=C(C#N)C1(C#N)C#N. The Hall–Kier alpha value is -1.64. The van der Waals surface area contributed by atoms with E-state index >= 15 is 0 Å². The highest BCUT2D eigenvalue weighted by molar-refractivity contribution is 8.03. The Morgan fingerprint density at radius 2 is 1.92 bits per heavy atom. The molecular weight excluding hydrogens is 184 g/mol. The molecule has 1 atom stereocenters. The van der Waals surface area contributed by atoms with Crippen molar-refractivity contribution in [2.75, 3.05) is 0 Å². The predicted molar refractivity (Wildman–Crippen MR) is 47.5 cm³/mol. The van der Waals surface area contributed by atoms with Crippen LogP contribution in [0.25, 0.3) is 0 Å². The minimum Gasteiger partial charge on any atom is -0.393 e. The maximum absolute atomic E-state index is 8.88. The molecule has 4 nitrogen and oxygen atoms in total. The molecule has 1 aliphatic rings. The van der Waals surface area contributed by atoms with E-state index in [0.717, 1.165) is 0 Å². The van der Waals surface area contributed by atoms with Crippen molar-refractivity contribution >= 4 is 11.8 Å². The molecule has 0 aromatic carbocycles. The molecule has 1 aliphatic heterocycles. The number of hydrogen-bond donors (Lipinski definition) is 1. The van der Waals surface area contributed by atoms with Crippen LogP contribution in [0.2, 0.25) is 0 Å². The van der Waals surface area contributed by atoms with Gasteiger partial charge in [0, 0.05) is 5.25 Å². The molecule has 0 unspecified atom stereocenters. The van der Waals surface area contributed by atoms with E-state index in [2.05, 4.69) is 0 Å². The number of nitrogens with two attached hydrogens (primary N) is 1. The average Bonchev–Trinajstić information content (AvgIpc) is 2.36. The lowest BCUT2D eigenvalue weighted by Gasteiger charge is -2.15. The first-order valence-electron chi connectivity index (χ1n) is 3.52. The zero-order valence-electron chi connectivity index (χ0n) is 6.90. The van der Waals surface area contributed by atoms with E-state index in [0.29, 0.717) is 0 Å². The summed E-state index contributed by atoms with van der Waals surface area (Å²) in [4.78, 5) is 0. The molecule has 0 aliphatic carbocycles. The van der Waals surface area contributed by atoms with Crippen LogP contribution in [0.5, 0.6) is 0 Å². The summed E-state index contributed by atoms with van der Waals surface area (Å²) in [5.41, 5.74) is 4.26. The largest absolute Gasteiger partial charge is 0.393 e. The number of rotatable bonds is 0. The lowest BCUT2D eigenvalue weighted by molar-refractivity contribution is 0.638. The normalized spacial score (nSPS) is 24.6. The predicted octanol–water partition coefficient (Wildman–Crippen LogP) is 0.849. The first-order valence-corrected chi connectivity index (χ1v) is 4.40. The molecule has 1 heterocycles. The summed E-state index contributed by atoms with van der Waals surface area (Å²) in [7, 11) is 0. The third-order valence-corrected chi connectivity index (χ3v) is 3.18. The van der Waals surface area contributed by atoms with E-state index < -0.39 is 5.41 Å². The maximum Gasteiger partial charge on any atom is 0.192 e. The zero-order valence-corrected chi connectivity index (χ0v) is 7.72.